The molecule has 0 aromatic heterocycles. The lowest BCUT2D eigenvalue weighted by Gasteiger charge is -2.16. The number of hydrogen-bond donors (Lipinski definition) is 1. The molecule has 17 heavy (non-hydrogen) atoms. The molecule has 1 fully saturated rings. The van der Waals surface area contributed by atoms with Crippen molar-refractivity contribution in [2.75, 3.05) is 13.2 Å². The first-order valence-electron chi connectivity index (χ1n) is 6.67. The Bertz CT molecular complexity index is 321. The SMILES string of the molecule is CC(OCCNC(C)C1CC1)c1ccccc1. The molecule has 2 rings (SSSR count). The van der Waals surface area contributed by atoms with Crippen LogP contribution < -0.4 is 5.32 Å². The molecule has 1 N–H and O–H groups in total. The minimum atomic E-state index is 0.189. The summed E-state index contributed by atoms with van der Waals surface area (Å²) in [7, 11) is 0. The zero-order chi connectivity index (χ0) is 12.1. The summed E-state index contributed by atoms with van der Waals surface area (Å²) in [4.78, 5) is 0. The first kappa shape index (κ1) is 12.6. The topological polar surface area (TPSA) is 21.3 Å². The molecule has 0 aliphatic heterocycles. The molecule has 0 amide bonds. The lowest BCUT2D eigenvalue weighted by molar-refractivity contribution is 0.0663. The molecule has 2 atom stereocenters. The van der Waals surface area contributed by atoms with E-state index in [0.29, 0.717) is 6.04 Å². The van der Waals surface area contributed by atoms with E-state index in [1.807, 2.05) is 6.07 Å². The summed E-state index contributed by atoms with van der Waals surface area (Å²) in [5.74, 6) is 0.918. The quantitative estimate of drug-likeness (QED) is 0.730. The predicted octanol–water partition coefficient (Wildman–Crippen LogP) is 3.15. The Labute approximate surface area is 104 Å². The third kappa shape index (κ3) is 4.14. The predicted molar refractivity (Wildman–Crippen MR) is 71.0 cm³/mol. The molecule has 1 aromatic carbocycles. The van der Waals surface area contributed by atoms with Crippen LogP contribution in [0.3, 0.4) is 0 Å². The highest BCUT2D eigenvalue weighted by Gasteiger charge is 2.27. The highest BCUT2D eigenvalue weighted by atomic mass is 16.5. The van der Waals surface area contributed by atoms with Gasteiger partial charge in [0.25, 0.3) is 0 Å². The van der Waals surface area contributed by atoms with E-state index in [1.165, 1.54) is 18.4 Å². The second-order valence-corrected chi connectivity index (χ2v) is 5.00. The minimum Gasteiger partial charge on any atom is -0.373 e. The lowest BCUT2D eigenvalue weighted by atomic mass is 10.1. The lowest BCUT2D eigenvalue weighted by Crippen LogP contribution is -2.31. The number of benzene rings is 1. The molecule has 0 heterocycles. The van der Waals surface area contributed by atoms with Crippen LogP contribution in [0, 0.1) is 5.92 Å². The Morgan fingerprint density at radius 2 is 1.94 bits per heavy atom. The smallest absolute Gasteiger partial charge is 0.0797 e. The number of hydrogen-bond acceptors (Lipinski definition) is 2. The Balaban J connectivity index is 1.61. The normalized spacial score (nSPS) is 18.9. The van der Waals surface area contributed by atoms with E-state index in [0.717, 1.165) is 19.1 Å². The van der Waals surface area contributed by atoms with Gasteiger partial charge in [0.1, 0.15) is 0 Å². The van der Waals surface area contributed by atoms with Crippen LogP contribution in [-0.2, 0) is 4.74 Å². The molecule has 94 valence electrons. The van der Waals surface area contributed by atoms with Crippen LogP contribution in [0.4, 0.5) is 0 Å². The Kier molecular flexibility index (Phi) is 4.57. The third-order valence-corrected chi connectivity index (χ3v) is 3.53. The average Bonchev–Trinajstić information content (AvgIpc) is 3.19. The van der Waals surface area contributed by atoms with Gasteiger partial charge in [-0.3, -0.25) is 0 Å². The van der Waals surface area contributed by atoms with Crippen molar-refractivity contribution in [2.45, 2.75) is 38.8 Å². The standard InChI is InChI=1S/C15H23NO/c1-12(14-8-9-14)16-10-11-17-13(2)15-6-4-3-5-7-15/h3-7,12-14,16H,8-11H2,1-2H3. The molecule has 0 saturated heterocycles. The van der Waals surface area contributed by atoms with Gasteiger partial charge in [0.2, 0.25) is 0 Å². The van der Waals surface area contributed by atoms with Gasteiger partial charge in [0.15, 0.2) is 0 Å². The largest absolute Gasteiger partial charge is 0.373 e. The first-order valence-corrected chi connectivity index (χ1v) is 6.67. The van der Waals surface area contributed by atoms with Crippen molar-refractivity contribution in [3.05, 3.63) is 35.9 Å². The zero-order valence-electron chi connectivity index (χ0n) is 10.9. The van der Waals surface area contributed by atoms with Crippen LogP contribution in [-0.4, -0.2) is 19.2 Å². The zero-order valence-corrected chi connectivity index (χ0v) is 10.9. The highest BCUT2D eigenvalue weighted by molar-refractivity contribution is 5.16. The summed E-state index contributed by atoms with van der Waals surface area (Å²) in [6, 6.07) is 11.0. The van der Waals surface area contributed by atoms with Crippen molar-refractivity contribution in [1.82, 2.24) is 5.32 Å². The highest BCUT2D eigenvalue weighted by Crippen LogP contribution is 2.32. The van der Waals surface area contributed by atoms with Crippen LogP contribution in [0.5, 0.6) is 0 Å². The Hall–Kier alpha value is -0.860. The second-order valence-electron chi connectivity index (χ2n) is 5.00. The van der Waals surface area contributed by atoms with E-state index in [4.69, 9.17) is 4.74 Å². The average molecular weight is 233 g/mol. The van der Waals surface area contributed by atoms with Gasteiger partial charge < -0.3 is 10.1 Å². The summed E-state index contributed by atoms with van der Waals surface area (Å²) >= 11 is 0. The fourth-order valence-corrected chi connectivity index (χ4v) is 2.11. The molecule has 1 saturated carbocycles. The molecule has 2 unspecified atom stereocenters. The van der Waals surface area contributed by atoms with E-state index >= 15 is 0 Å². The van der Waals surface area contributed by atoms with Gasteiger partial charge in [0.05, 0.1) is 12.7 Å². The van der Waals surface area contributed by atoms with Crippen LogP contribution in [0.25, 0.3) is 0 Å². The molecule has 1 aliphatic rings. The summed E-state index contributed by atoms with van der Waals surface area (Å²) in [5.41, 5.74) is 1.25. The molecular formula is C15H23NO. The van der Waals surface area contributed by atoms with Crippen molar-refractivity contribution >= 4 is 0 Å². The molecule has 2 heteroatoms. The third-order valence-electron chi connectivity index (χ3n) is 3.53. The van der Waals surface area contributed by atoms with Crippen LogP contribution in [0.15, 0.2) is 30.3 Å². The van der Waals surface area contributed by atoms with Crippen molar-refractivity contribution in [3.63, 3.8) is 0 Å². The number of nitrogens with one attached hydrogen (secondary N) is 1. The molecule has 1 aliphatic carbocycles. The van der Waals surface area contributed by atoms with Crippen molar-refractivity contribution in [2.24, 2.45) is 5.92 Å². The number of ether oxygens (including phenoxy) is 1. The molecule has 0 radical (unpaired) electrons. The van der Waals surface area contributed by atoms with Gasteiger partial charge >= 0.3 is 0 Å². The minimum absolute atomic E-state index is 0.189. The molecule has 0 bridgehead atoms. The van der Waals surface area contributed by atoms with Crippen LogP contribution >= 0.6 is 0 Å². The summed E-state index contributed by atoms with van der Waals surface area (Å²) in [6.45, 7) is 6.12. The van der Waals surface area contributed by atoms with Crippen molar-refractivity contribution in [1.29, 1.82) is 0 Å². The Morgan fingerprint density at radius 3 is 2.59 bits per heavy atom. The van der Waals surface area contributed by atoms with Crippen LogP contribution in [0.2, 0.25) is 0 Å². The van der Waals surface area contributed by atoms with Crippen LogP contribution in [0.1, 0.15) is 38.4 Å². The van der Waals surface area contributed by atoms with E-state index in [9.17, 15) is 0 Å². The maximum absolute atomic E-state index is 5.82. The van der Waals surface area contributed by atoms with E-state index in [-0.39, 0.29) is 6.10 Å². The van der Waals surface area contributed by atoms with Gasteiger partial charge in [-0.05, 0) is 38.2 Å². The fourth-order valence-electron chi connectivity index (χ4n) is 2.11. The fraction of sp³-hybridized carbons (Fsp3) is 0.600. The van der Waals surface area contributed by atoms with E-state index < -0.39 is 0 Å². The molecule has 0 spiro atoms. The molecule has 2 nitrogen and oxygen atoms in total. The summed E-state index contributed by atoms with van der Waals surface area (Å²) < 4.78 is 5.82. The molecule has 1 aromatic rings. The van der Waals surface area contributed by atoms with Gasteiger partial charge in [0, 0.05) is 12.6 Å². The second kappa shape index (κ2) is 6.18. The van der Waals surface area contributed by atoms with Gasteiger partial charge in [-0.2, -0.15) is 0 Å². The Morgan fingerprint density at radius 1 is 1.24 bits per heavy atom. The summed E-state index contributed by atoms with van der Waals surface area (Å²) in [6.07, 6.45) is 2.99. The monoisotopic (exact) mass is 233 g/mol. The van der Waals surface area contributed by atoms with Crippen molar-refractivity contribution < 1.29 is 4.74 Å². The first-order chi connectivity index (χ1) is 8.27. The van der Waals surface area contributed by atoms with E-state index in [2.05, 4.69) is 43.4 Å². The van der Waals surface area contributed by atoms with E-state index in [1.54, 1.807) is 0 Å². The van der Waals surface area contributed by atoms with Gasteiger partial charge in [-0.25, -0.2) is 0 Å². The van der Waals surface area contributed by atoms with Crippen molar-refractivity contribution in [3.8, 4) is 0 Å². The van der Waals surface area contributed by atoms with Gasteiger partial charge in [-0.1, -0.05) is 30.3 Å². The molecular weight excluding hydrogens is 210 g/mol. The maximum atomic E-state index is 5.82. The summed E-state index contributed by atoms with van der Waals surface area (Å²) in [5, 5.41) is 3.53. The van der Waals surface area contributed by atoms with Gasteiger partial charge in [-0.15, -0.1) is 0 Å². The maximum Gasteiger partial charge on any atom is 0.0797 e. The number of rotatable bonds is 7.